The van der Waals surface area contributed by atoms with Crippen LogP contribution in [0.4, 0.5) is 0 Å². The first-order chi connectivity index (χ1) is 9.42. The maximum atomic E-state index is 12.0. The summed E-state index contributed by atoms with van der Waals surface area (Å²) in [6, 6.07) is 3.23. The molecule has 1 rings (SSSR count). The molecule has 110 valence electrons. The van der Waals surface area contributed by atoms with Crippen molar-refractivity contribution in [3.05, 3.63) is 28.5 Å². The van der Waals surface area contributed by atoms with Gasteiger partial charge in [-0.05, 0) is 24.5 Å². The minimum Gasteiger partial charge on any atom is -0.481 e. The largest absolute Gasteiger partial charge is 0.481 e. The van der Waals surface area contributed by atoms with Crippen LogP contribution >= 0.6 is 11.6 Å². The number of nitrogens with one attached hydrogen (secondary N) is 1. The van der Waals surface area contributed by atoms with Crippen LogP contribution in [0.3, 0.4) is 0 Å². The van der Waals surface area contributed by atoms with Crippen LogP contribution < -0.4 is 5.32 Å². The summed E-state index contributed by atoms with van der Waals surface area (Å²) in [6.45, 7) is 4.11. The van der Waals surface area contributed by atoms with Crippen molar-refractivity contribution >= 4 is 23.5 Å². The number of carboxylic acids is 1. The molecule has 1 amide bonds. The number of amides is 1. The molecule has 1 unspecified atom stereocenters. The Morgan fingerprint density at radius 1 is 1.45 bits per heavy atom. The van der Waals surface area contributed by atoms with Crippen LogP contribution in [0.1, 0.15) is 42.7 Å². The van der Waals surface area contributed by atoms with E-state index in [0.717, 1.165) is 18.5 Å². The highest BCUT2D eigenvalue weighted by Crippen LogP contribution is 2.12. The number of carboxylic acid groups (broad SMARTS) is 1. The van der Waals surface area contributed by atoms with Gasteiger partial charge in [-0.15, -0.1) is 0 Å². The Balaban J connectivity index is 2.65. The Morgan fingerprint density at radius 2 is 2.15 bits per heavy atom. The first kappa shape index (κ1) is 16.4. The summed E-state index contributed by atoms with van der Waals surface area (Å²) < 4.78 is 0. The second-order valence-electron chi connectivity index (χ2n) is 4.83. The molecule has 0 aliphatic carbocycles. The standard InChI is InChI=1S/C14H19ClN2O3/c1-3-4-11-6-10(7-12(15)17-11)14(20)16-8-9(2)5-13(18)19/h6-7,9H,3-5,8H2,1-2H3,(H,16,20)(H,18,19). The van der Waals surface area contributed by atoms with Gasteiger partial charge in [0.1, 0.15) is 5.15 Å². The van der Waals surface area contributed by atoms with Crippen LogP contribution in [0.2, 0.25) is 5.15 Å². The van der Waals surface area contributed by atoms with Crippen LogP contribution in [0, 0.1) is 5.92 Å². The van der Waals surface area contributed by atoms with Gasteiger partial charge in [-0.1, -0.05) is 31.9 Å². The number of carbonyl (C=O) groups is 2. The summed E-state index contributed by atoms with van der Waals surface area (Å²) in [4.78, 5) is 26.7. The predicted octanol–water partition coefficient (Wildman–Crippen LogP) is 2.53. The second kappa shape index (κ2) is 7.85. The smallest absolute Gasteiger partial charge is 0.303 e. The third-order valence-electron chi connectivity index (χ3n) is 2.75. The van der Waals surface area contributed by atoms with Crippen molar-refractivity contribution in [3.8, 4) is 0 Å². The van der Waals surface area contributed by atoms with Gasteiger partial charge in [-0.25, -0.2) is 4.98 Å². The number of hydrogen-bond donors (Lipinski definition) is 2. The number of hydrogen-bond acceptors (Lipinski definition) is 3. The molecular weight excluding hydrogens is 280 g/mol. The van der Waals surface area contributed by atoms with Gasteiger partial charge in [0.25, 0.3) is 5.91 Å². The molecule has 2 N–H and O–H groups in total. The fraction of sp³-hybridized carbons (Fsp3) is 0.500. The SMILES string of the molecule is CCCc1cc(C(=O)NCC(C)CC(=O)O)cc(Cl)n1. The van der Waals surface area contributed by atoms with Gasteiger partial charge >= 0.3 is 5.97 Å². The second-order valence-corrected chi connectivity index (χ2v) is 5.22. The summed E-state index contributed by atoms with van der Waals surface area (Å²) >= 11 is 5.89. The fourth-order valence-electron chi connectivity index (χ4n) is 1.81. The number of nitrogens with zero attached hydrogens (tertiary/aromatic N) is 1. The van der Waals surface area contributed by atoms with Gasteiger partial charge in [-0.3, -0.25) is 9.59 Å². The number of halogens is 1. The molecule has 0 radical (unpaired) electrons. The first-order valence-electron chi connectivity index (χ1n) is 6.58. The molecule has 0 saturated carbocycles. The molecule has 6 heteroatoms. The zero-order valence-electron chi connectivity index (χ0n) is 11.6. The summed E-state index contributed by atoms with van der Waals surface area (Å²) in [5, 5.41) is 11.7. The minimum absolute atomic E-state index is 0.0263. The number of carbonyl (C=O) groups excluding carboxylic acids is 1. The average molecular weight is 299 g/mol. The minimum atomic E-state index is -0.871. The predicted molar refractivity (Wildman–Crippen MR) is 77.0 cm³/mol. The van der Waals surface area contributed by atoms with Gasteiger partial charge in [0.05, 0.1) is 0 Å². The maximum absolute atomic E-state index is 12.0. The number of aryl methyl sites for hydroxylation is 1. The molecule has 0 saturated heterocycles. The monoisotopic (exact) mass is 298 g/mol. The molecule has 1 heterocycles. The molecule has 0 fully saturated rings. The molecule has 1 aromatic heterocycles. The summed E-state index contributed by atoms with van der Waals surface area (Å²) in [5.41, 5.74) is 1.24. The lowest BCUT2D eigenvalue weighted by Crippen LogP contribution is -2.29. The van der Waals surface area contributed by atoms with E-state index in [4.69, 9.17) is 16.7 Å². The van der Waals surface area contributed by atoms with Crippen molar-refractivity contribution in [1.29, 1.82) is 0 Å². The van der Waals surface area contributed by atoms with Crippen LogP contribution in [0.15, 0.2) is 12.1 Å². The Kier molecular flexibility index (Phi) is 6.45. The topological polar surface area (TPSA) is 79.3 Å². The lowest BCUT2D eigenvalue weighted by molar-refractivity contribution is -0.137. The Labute approximate surface area is 123 Å². The third kappa shape index (κ3) is 5.57. The average Bonchev–Trinajstić information content (AvgIpc) is 2.34. The van der Waals surface area contributed by atoms with Crippen molar-refractivity contribution in [2.24, 2.45) is 5.92 Å². The fourth-order valence-corrected chi connectivity index (χ4v) is 2.03. The van der Waals surface area contributed by atoms with Crippen LogP contribution in [-0.4, -0.2) is 28.5 Å². The molecule has 0 aliphatic heterocycles. The molecule has 5 nitrogen and oxygen atoms in total. The van der Waals surface area contributed by atoms with E-state index in [1.807, 2.05) is 6.92 Å². The third-order valence-corrected chi connectivity index (χ3v) is 2.94. The highest BCUT2D eigenvalue weighted by atomic mass is 35.5. The van der Waals surface area contributed by atoms with E-state index in [0.29, 0.717) is 17.3 Å². The molecule has 1 aromatic rings. The van der Waals surface area contributed by atoms with E-state index in [9.17, 15) is 9.59 Å². The van der Waals surface area contributed by atoms with Gasteiger partial charge in [0, 0.05) is 24.2 Å². The van der Waals surface area contributed by atoms with Crippen molar-refractivity contribution in [2.45, 2.75) is 33.1 Å². The van der Waals surface area contributed by atoms with E-state index in [2.05, 4.69) is 10.3 Å². The van der Waals surface area contributed by atoms with Crippen LogP contribution in [-0.2, 0) is 11.2 Å². The number of pyridine rings is 1. The van der Waals surface area contributed by atoms with Crippen molar-refractivity contribution in [1.82, 2.24) is 10.3 Å². The van der Waals surface area contributed by atoms with Gasteiger partial charge in [-0.2, -0.15) is 0 Å². The Bertz CT molecular complexity index is 491. The van der Waals surface area contributed by atoms with Gasteiger partial charge in [0.2, 0.25) is 0 Å². The normalized spacial score (nSPS) is 11.9. The lowest BCUT2D eigenvalue weighted by atomic mass is 10.1. The van der Waals surface area contributed by atoms with E-state index in [1.165, 1.54) is 6.07 Å². The molecule has 0 spiro atoms. The molecular formula is C14H19ClN2O3. The van der Waals surface area contributed by atoms with Crippen LogP contribution in [0.5, 0.6) is 0 Å². The van der Waals surface area contributed by atoms with E-state index in [1.54, 1.807) is 13.0 Å². The van der Waals surface area contributed by atoms with E-state index in [-0.39, 0.29) is 18.2 Å². The van der Waals surface area contributed by atoms with Crippen molar-refractivity contribution in [3.63, 3.8) is 0 Å². The van der Waals surface area contributed by atoms with E-state index < -0.39 is 5.97 Å². The van der Waals surface area contributed by atoms with Crippen molar-refractivity contribution < 1.29 is 14.7 Å². The highest BCUT2D eigenvalue weighted by molar-refractivity contribution is 6.29. The lowest BCUT2D eigenvalue weighted by Gasteiger charge is -2.11. The van der Waals surface area contributed by atoms with Gasteiger partial charge < -0.3 is 10.4 Å². The summed E-state index contributed by atoms with van der Waals surface area (Å²) in [7, 11) is 0. The highest BCUT2D eigenvalue weighted by Gasteiger charge is 2.12. The summed E-state index contributed by atoms with van der Waals surface area (Å²) in [5.74, 6) is -1.25. The molecule has 1 atom stereocenters. The number of aromatic nitrogens is 1. The number of aliphatic carboxylic acids is 1. The Morgan fingerprint density at radius 3 is 2.75 bits per heavy atom. The van der Waals surface area contributed by atoms with E-state index >= 15 is 0 Å². The maximum Gasteiger partial charge on any atom is 0.303 e. The first-order valence-corrected chi connectivity index (χ1v) is 6.96. The molecule has 0 bridgehead atoms. The zero-order valence-corrected chi connectivity index (χ0v) is 12.4. The van der Waals surface area contributed by atoms with Crippen LogP contribution in [0.25, 0.3) is 0 Å². The molecule has 0 aromatic carbocycles. The molecule has 0 aliphatic rings. The quantitative estimate of drug-likeness (QED) is 0.758. The zero-order chi connectivity index (χ0) is 15.1. The van der Waals surface area contributed by atoms with Gasteiger partial charge in [0.15, 0.2) is 0 Å². The Hall–Kier alpha value is -1.62. The summed E-state index contributed by atoms with van der Waals surface area (Å²) in [6.07, 6.45) is 1.71. The molecule has 20 heavy (non-hydrogen) atoms. The number of rotatable bonds is 7. The van der Waals surface area contributed by atoms with Crippen molar-refractivity contribution in [2.75, 3.05) is 6.54 Å².